The molecule has 0 bridgehead atoms. The van der Waals surface area contributed by atoms with Crippen molar-refractivity contribution in [3.8, 4) is 0 Å². The van der Waals surface area contributed by atoms with Crippen LogP contribution in [-0.4, -0.2) is 17.8 Å². The van der Waals surface area contributed by atoms with E-state index in [-0.39, 0.29) is 0 Å². The fraction of sp³-hybridized carbons (Fsp3) is 0.455. The number of rotatable bonds is 6. The summed E-state index contributed by atoms with van der Waals surface area (Å²) in [6.45, 7) is 0. The lowest BCUT2D eigenvalue weighted by Crippen LogP contribution is -1.85. The van der Waals surface area contributed by atoms with E-state index in [0.717, 1.165) is 5.69 Å². The van der Waals surface area contributed by atoms with E-state index in [0.29, 0.717) is 0 Å². The van der Waals surface area contributed by atoms with Crippen molar-refractivity contribution in [2.24, 2.45) is 0 Å². The van der Waals surface area contributed by atoms with Crippen LogP contribution in [0.1, 0.15) is 12.8 Å². The zero-order valence-electron chi connectivity index (χ0n) is 8.53. The molecule has 0 aromatic heterocycles. The van der Waals surface area contributed by atoms with E-state index in [4.69, 9.17) is 5.73 Å². The summed E-state index contributed by atoms with van der Waals surface area (Å²) >= 11 is 3.84. The normalized spacial score (nSPS) is 10.4. The predicted molar refractivity (Wildman–Crippen MR) is 69.2 cm³/mol. The van der Waals surface area contributed by atoms with Crippen LogP contribution in [0.25, 0.3) is 0 Å². The summed E-state index contributed by atoms with van der Waals surface area (Å²) in [5.74, 6) is 2.49. The summed E-state index contributed by atoms with van der Waals surface area (Å²) in [6, 6.07) is 8.11. The molecule has 0 amide bonds. The average Bonchev–Trinajstić information content (AvgIpc) is 2.21. The van der Waals surface area contributed by atoms with E-state index in [1.54, 1.807) is 0 Å². The summed E-state index contributed by atoms with van der Waals surface area (Å²) < 4.78 is 0. The highest BCUT2D eigenvalue weighted by Gasteiger charge is 1.93. The molecular formula is C11H17NS2. The van der Waals surface area contributed by atoms with Crippen molar-refractivity contribution >= 4 is 29.2 Å². The summed E-state index contributed by atoms with van der Waals surface area (Å²) in [7, 11) is 0. The van der Waals surface area contributed by atoms with Gasteiger partial charge in [0, 0.05) is 10.6 Å². The van der Waals surface area contributed by atoms with Gasteiger partial charge in [0.05, 0.1) is 0 Å². The third kappa shape index (κ3) is 4.82. The van der Waals surface area contributed by atoms with Crippen LogP contribution < -0.4 is 5.73 Å². The van der Waals surface area contributed by atoms with Crippen molar-refractivity contribution < 1.29 is 0 Å². The van der Waals surface area contributed by atoms with Crippen LogP contribution in [0.4, 0.5) is 5.69 Å². The molecule has 2 N–H and O–H groups in total. The number of nitrogens with two attached hydrogens (primary N) is 1. The molecule has 1 nitrogen and oxygen atoms in total. The monoisotopic (exact) mass is 227 g/mol. The van der Waals surface area contributed by atoms with Gasteiger partial charge in [-0.25, -0.2) is 0 Å². The molecule has 0 unspecified atom stereocenters. The van der Waals surface area contributed by atoms with E-state index in [9.17, 15) is 0 Å². The van der Waals surface area contributed by atoms with E-state index < -0.39 is 0 Å². The summed E-state index contributed by atoms with van der Waals surface area (Å²) in [4.78, 5) is 1.32. The largest absolute Gasteiger partial charge is 0.399 e. The molecular weight excluding hydrogens is 210 g/mol. The number of hydrogen-bond acceptors (Lipinski definition) is 3. The van der Waals surface area contributed by atoms with Gasteiger partial charge in [-0.1, -0.05) is 0 Å². The number of anilines is 1. The molecule has 78 valence electrons. The molecule has 0 aliphatic rings. The number of nitrogen functional groups attached to an aromatic ring is 1. The highest BCUT2D eigenvalue weighted by atomic mass is 32.2. The molecule has 0 saturated heterocycles. The molecule has 0 aliphatic heterocycles. The fourth-order valence-corrected chi connectivity index (χ4v) is 2.51. The van der Waals surface area contributed by atoms with Gasteiger partial charge in [0.2, 0.25) is 0 Å². The molecule has 0 aliphatic carbocycles. The minimum atomic E-state index is 0.844. The zero-order chi connectivity index (χ0) is 10.2. The average molecular weight is 227 g/mol. The van der Waals surface area contributed by atoms with Gasteiger partial charge in [-0.3, -0.25) is 0 Å². The topological polar surface area (TPSA) is 26.0 Å². The standard InChI is InChI=1S/C11H17NS2/c1-13-8-2-3-9-14-11-6-4-10(12)5-7-11/h4-7H,2-3,8-9,12H2,1H3. The summed E-state index contributed by atoms with van der Waals surface area (Å²) in [5, 5.41) is 0. The Labute approximate surface area is 94.8 Å². The minimum absolute atomic E-state index is 0.844. The van der Waals surface area contributed by atoms with Crippen LogP contribution in [0.15, 0.2) is 29.2 Å². The van der Waals surface area contributed by atoms with Crippen molar-refractivity contribution in [3.63, 3.8) is 0 Å². The third-order valence-electron chi connectivity index (χ3n) is 1.89. The Bertz CT molecular complexity index is 246. The molecule has 0 heterocycles. The highest BCUT2D eigenvalue weighted by molar-refractivity contribution is 7.99. The van der Waals surface area contributed by atoms with Gasteiger partial charge >= 0.3 is 0 Å². The molecule has 0 spiro atoms. The van der Waals surface area contributed by atoms with Gasteiger partial charge < -0.3 is 5.73 Å². The van der Waals surface area contributed by atoms with Gasteiger partial charge in [-0.05, 0) is 54.9 Å². The SMILES string of the molecule is CSCCCCSc1ccc(N)cc1. The molecule has 1 rings (SSSR count). The van der Waals surface area contributed by atoms with Crippen molar-refractivity contribution in [2.45, 2.75) is 17.7 Å². The first-order valence-electron chi connectivity index (χ1n) is 4.80. The Morgan fingerprint density at radius 1 is 1.07 bits per heavy atom. The number of unbranched alkanes of at least 4 members (excludes halogenated alkanes) is 1. The number of thioether (sulfide) groups is 2. The predicted octanol–water partition coefficient (Wildman–Crippen LogP) is 3.50. The Morgan fingerprint density at radius 2 is 1.71 bits per heavy atom. The Balaban J connectivity index is 2.15. The molecule has 0 saturated carbocycles. The van der Waals surface area contributed by atoms with Crippen molar-refractivity contribution in [3.05, 3.63) is 24.3 Å². The molecule has 0 fully saturated rings. The molecule has 3 heteroatoms. The van der Waals surface area contributed by atoms with Crippen LogP contribution in [-0.2, 0) is 0 Å². The van der Waals surface area contributed by atoms with Crippen LogP contribution in [0.3, 0.4) is 0 Å². The van der Waals surface area contributed by atoms with E-state index in [1.165, 1.54) is 29.2 Å². The second-order valence-electron chi connectivity index (χ2n) is 3.12. The van der Waals surface area contributed by atoms with E-state index >= 15 is 0 Å². The molecule has 0 atom stereocenters. The lowest BCUT2D eigenvalue weighted by molar-refractivity contribution is 0.908. The number of benzene rings is 1. The molecule has 1 aromatic carbocycles. The first-order chi connectivity index (χ1) is 6.83. The van der Waals surface area contributed by atoms with Gasteiger partial charge in [-0.2, -0.15) is 11.8 Å². The van der Waals surface area contributed by atoms with Crippen molar-refractivity contribution in [2.75, 3.05) is 23.5 Å². The lowest BCUT2D eigenvalue weighted by Gasteiger charge is -2.01. The number of hydrogen-bond donors (Lipinski definition) is 1. The lowest BCUT2D eigenvalue weighted by atomic mass is 10.3. The molecule has 14 heavy (non-hydrogen) atoms. The second-order valence-corrected chi connectivity index (χ2v) is 5.27. The fourth-order valence-electron chi connectivity index (χ4n) is 1.10. The first-order valence-corrected chi connectivity index (χ1v) is 7.18. The highest BCUT2D eigenvalue weighted by Crippen LogP contribution is 2.20. The summed E-state index contributed by atoms with van der Waals surface area (Å²) in [6.07, 6.45) is 4.78. The van der Waals surface area contributed by atoms with Crippen LogP contribution in [0.5, 0.6) is 0 Å². The minimum Gasteiger partial charge on any atom is -0.399 e. The van der Waals surface area contributed by atoms with Crippen LogP contribution >= 0.6 is 23.5 Å². The van der Waals surface area contributed by atoms with Gasteiger partial charge in [-0.15, -0.1) is 11.8 Å². The van der Waals surface area contributed by atoms with Gasteiger partial charge in [0.1, 0.15) is 0 Å². The Morgan fingerprint density at radius 3 is 2.36 bits per heavy atom. The molecule has 1 aromatic rings. The second kappa shape index (κ2) is 7.07. The first kappa shape index (κ1) is 11.8. The maximum Gasteiger partial charge on any atom is 0.0314 e. The Kier molecular flexibility index (Phi) is 5.96. The maximum absolute atomic E-state index is 5.61. The smallest absolute Gasteiger partial charge is 0.0314 e. The molecule has 0 radical (unpaired) electrons. The van der Waals surface area contributed by atoms with Gasteiger partial charge in [0.25, 0.3) is 0 Å². The third-order valence-corrected chi connectivity index (χ3v) is 3.69. The zero-order valence-corrected chi connectivity index (χ0v) is 10.2. The van der Waals surface area contributed by atoms with Crippen molar-refractivity contribution in [1.82, 2.24) is 0 Å². The van der Waals surface area contributed by atoms with Crippen LogP contribution in [0.2, 0.25) is 0 Å². The Hall–Kier alpha value is -0.280. The maximum atomic E-state index is 5.61. The summed E-state index contributed by atoms with van der Waals surface area (Å²) in [5.41, 5.74) is 6.45. The van der Waals surface area contributed by atoms with Crippen LogP contribution in [0, 0.1) is 0 Å². The van der Waals surface area contributed by atoms with E-state index in [2.05, 4.69) is 18.4 Å². The van der Waals surface area contributed by atoms with Crippen molar-refractivity contribution in [1.29, 1.82) is 0 Å². The quantitative estimate of drug-likeness (QED) is 0.457. The van der Waals surface area contributed by atoms with E-state index in [1.807, 2.05) is 35.7 Å². The van der Waals surface area contributed by atoms with Gasteiger partial charge in [0.15, 0.2) is 0 Å².